The van der Waals surface area contributed by atoms with E-state index < -0.39 is 0 Å². The molecule has 0 amide bonds. The van der Waals surface area contributed by atoms with E-state index in [1.54, 1.807) is 0 Å². The maximum absolute atomic E-state index is 2.51. The van der Waals surface area contributed by atoms with Crippen LogP contribution in [0.1, 0.15) is 0 Å². The zero-order chi connectivity index (χ0) is 40.3. The highest BCUT2D eigenvalue weighted by molar-refractivity contribution is 7.26. The number of hydrogen-bond donors (Lipinski definition) is 0. The van der Waals surface area contributed by atoms with Crippen molar-refractivity contribution in [1.82, 2.24) is 4.57 Å². The zero-order valence-corrected chi connectivity index (χ0v) is 34.1. The van der Waals surface area contributed by atoms with Gasteiger partial charge in [0, 0.05) is 53.3 Å². The van der Waals surface area contributed by atoms with Crippen molar-refractivity contribution in [2.24, 2.45) is 0 Å². The number of thiophene rings is 1. The lowest BCUT2D eigenvalue weighted by Gasteiger charge is -2.29. The maximum atomic E-state index is 2.51. The molecule has 3 heteroatoms. The quantitative estimate of drug-likeness (QED) is 0.156. The molecule has 286 valence electrons. The van der Waals surface area contributed by atoms with E-state index in [4.69, 9.17) is 0 Å². The minimum Gasteiger partial charge on any atom is -0.309 e. The molecule has 61 heavy (non-hydrogen) atoms. The van der Waals surface area contributed by atoms with E-state index in [9.17, 15) is 0 Å². The second kappa shape index (κ2) is 14.5. The van der Waals surface area contributed by atoms with Gasteiger partial charge in [0.15, 0.2) is 0 Å². The first kappa shape index (κ1) is 35.2. The third kappa shape index (κ3) is 5.78. The van der Waals surface area contributed by atoms with Crippen molar-refractivity contribution in [3.8, 4) is 39.1 Å². The third-order valence-electron chi connectivity index (χ3n) is 12.2. The summed E-state index contributed by atoms with van der Waals surface area (Å²) >= 11 is 1.88. The van der Waals surface area contributed by atoms with E-state index in [2.05, 4.69) is 240 Å². The SMILES string of the molecule is c1ccc(-c2cc(N(c3ccc(-c4ccccc4)c4ccccc34)c3cccc4c3c3ccccc3n4-c3ccccc3)ccc2-c2cccc3c2sc2ccccc23)cc1. The molecule has 0 N–H and O–H groups in total. The fourth-order valence-electron chi connectivity index (χ4n) is 9.52. The van der Waals surface area contributed by atoms with E-state index in [0.717, 1.165) is 28.3 Å². The third-order valence-corrected chi connectivity index (χ3v) is 13.4. The summed E-state index contributed by atoms with van der Waals surface area (Å²) < 4.78 is 5.03. The standard InChI is InChI=1S/C58H38N2S/c1-4-18-39(19-5-1)43-36-37-53(46-25-11-10-24-44(43)46)60(55-32-17-31-54-57(55)50-27-12-14-30-52(50)59(54)41-22-8-3-9-23-41)42-34-35-45(51(38-42)40-20-6-2-7-21-40)48-28-16-29-49-47-26-13-15-33-56(47)61-58(48)49/h1-38H. The Kier molecular flexibility index (Phi) is 8.39. The summed E-state index contributed by atoms with van der Waals surface area (Å²) in [4.78, 5) is 2.51. The molecule has 12 aromatic rings. The second-order valence-corrected chi connectivity index (χ2v) is 16.7. The van der Waals surface area contributed by atoms with Crippen LogP contribution in [0.2, 0.25) is 0 Å². The number of hydrogen-bond acceptors (Lipinski definition) is 2. The van der Waals surface area contributed by atoms with E-state index in [1.807, 2.05) is 11.3 Å². The predicted octanol–water partition coefficient (Wildman–Crippen LogP) is 16.8. The number of fused-ring (bicyclic) bond motifs is 7. The van der Waals surface area contributed by atoms with Gasteiger partial charge in [-0.25, -0.2) is 0 Å². The Balaban J connectivity index is 1.17. The molecule has 0 unspecified atom stereocenters. The monoisotopic (exact) mass is 794 g/mol. The van der Waals surface area contributed by atoms with Gasteiger partial charge in [-0.2, -0.15) is 0 Å². The van der Waals surface area contributed by atoms with Crippen LogP contribution in [0.3, 0.4) is 0 Å². The molecule has 2 nitrogen and oxygen atoms in total. The largest absolute Gasteiger partial charge is 0.309 e. The highest BCUT2D eigenvalue weighted by Crippen LogP contribution is 2.49. The van der Waals surface area contributed by atoms with Crippen LogP contribution >= 0.6 is 11.3 Å². The van der Waals surface area contributed by atoms with Gasteiger partial charge in [-0.1, -0.05) is 176 Å². The molecule has 10 aromatic carbocycles. The van der Waals surface area contributed by atoms with Gasteiger partial charge in [0.2, 0.25) is 0 Å². The van der Waals surface area contributed by atoms with Crippen LogP contribution in [0.4, 0.5) is 17.1 Å². The lowest BCUT2D eigenvalue weighted by molar-refractivity contribution is 1.18. The van der Waals surface area contributed by atoms with Crippen molar-refractivity contribution >= 4 is 81.1 Å². The molecule has 0 bridgehead atoms. The Bertz CT molecular complexity index is 3580. The summed E-state index contributed by atoms with van der Waals surface area (Å²) in [7, 11) is 0. The molecule has 0 aliphatic heterocycles. The molecule has 12 rings (SSSR count). The number of benzene rings is 10. The summed E-state index contributed by atoms with van der Waals surface area (Å²) in [6.07, 6.45) is 0. The number of rotatable bonds is 7. The van der Waals surface area contributed by atoms with Crippen molar-refractivity contribution < 1.29 is 0 Å². The molecule has 2 heterocycles. The fraction of sp³-hybridized carbons (Fsp3) is 0. The van der Waals surface area contributed by atoms with Crippen LogP contribution in [-0.2, 0) is 0 Å². The first-order valence-electron chi connectivity index (χ1n) is 20.9. The summed E-state index contributed by atoms with van der Waals surface area (Å²) in [6.45, 7) is 0. The highest BCUT2D eigenvalue weighted by atomic mass is 32.1. The lowest BCUT2D eigenvalue weighted by atomic mass is 9.92. The van der Waals surface area contributed by atoms with Gasteiger partial charge in [-0.15, -0.1) is 11.3 Å². The van der Waals surface area contributed by atoms with Gasteiger partial charge in [0.1, 0.15) is 0 Å². The van der Waals surface area contributed by atoms with E-state index in [-0.39, 0.29) is 0 Å². The highest BCUT2D eigenvalue weighted by Gasteiger charge is 2.24. The lowest BCUT2D eigenvalue weighted by Crippen LogP contribution is -2.11. The Morgan fingerprint density at radius 1 is 0.344 bits per heavy atom. The molecule has 0 radical (unpaired) electrons. The van der Waals surface area contributed by atoms with Gasteiger partial charge < -0.3 is 9.47 Å². The van der Waals surface area contributed by atoms with Crippen molar-refractivity contribution in [2.45, 2.75) is 0 Å². The maximum Gasteiger partial charge on any atom is 0.0562 e. The average molecular weight is 795 g/mol. The molecule has 0 aliphatic carbocycles. The van der Waals surface area contributed by atoms with Crippen molar-refractivity contribution in [1.29, 1.82) is 0 Å². The predicted molar refractivity (Wildman–Crippen MR) is 262 cm³/mol. The van der Waals surface area contributed by atoms with Crippen molar-refractivity contribution in [3.63, 3.8) is 0 Å². The van der Waals surface area contributed by atoms with Crippen molar-refractivity contribution in [3.05, 3.63) is 231 Å². The van der Waals surface area contributed by atoms with Crippen LogP contribution in [-0.4, -0.2) is 4.57 Å². The fourth-order valence-corrected chi connectivity index (χ4v) is 10.7. The normalized spacial score (nSPS) is 11.6. The Hall–Kier alpha value is -7.72. The minimum atomic E-state index is 1.09. The zero-order valence-electron chi connectivity index (χ0n) is 33.2. The average Bonchev–Trinajstić information content (AvgIpc) is 3.89. The molecule has 0 saturated carbocycles. The minimum absolute atomic E-state index is 1.09. The summed E-state index contributed by atoms with van der Waals surface area (Å²) in [6, 6.07) is 84.2. The molecular formula is C58H38N2S. The smallest absolute Gasteiger partial charge is 0.0562 e. The van der Waals surface area contributed by atoms with Gasteiger partial charge in [-0.3, -0.25) is 0 Å². The second-order valence-electron chi connectivity index (χ2n) is 15.6. The molecule has 0 fully saturated rings. The number of aromatic nitrogens is 1. The molecular weight excluding hydrogens is 757 g/mol. The number of nitrogens with zero attached hydrogens (tertiary/aromatic N) is 2. The van der Waals surface area contributed by atoms with E-state index in [1.165, 1.54) is 80.6 Å². The van der Waals surface area contributed by atoms with Crippen LogP contribution in [0.25, 0.3) is 91.8 Å². The van der Waals surface area contributed by atoms with Crippen LogP contribution < -0.4 is 4.90 Å². The van der Waals surface area contributed by atoms with E-state index >= 15 is 0 Å². The number of anilines is 3. The molecule has 0 saturated heterocycles. The van der Waals surface area contributed by atoms with Gasteiger partial charge in [-0.05, 0) is 87.8 Å². The summed E-state index contributed by atoms with van der Waals surface area (Å²) in [5.41, 5.74) is 14.1. The molecule has 0 aliphatic rings. The molecule has 2 aromatic heterocycles. The molecule has 0 atom stereocenters. The van der Waals surface area contributed by atoms with Gasteiger partial charge in [0.25, 0.3) is 0 Å². The first-order valence-corrected chi connectivity index (χ1v) is 21.7. The Labute approximate surface area is 358 Å². The summed E-state index contributed by atoms with van der Waals surface area (Å²) in [5.74, 6) is 0. The van der Waals surface area contributed by atoms with Crippen LogP contribution in [0.15, 0.2) is 231 Å². The Morgan fingerprint density at radius 3 is 1.72 bits per heavy atom. The summed E-state index contributed by atoms with van der Waals surface area (Å²) in [5, 5.41) is 7.43. The van der Waals surface area contributed by atoms with Gasteiger partial charge in [0.05, 0.1) is 22.4 Å². The topological polar surface area (TPSA) is 8.17 Å². The van der Waals surface area contributed by atoms with Crippen molar-refractivity contribution in [2.75, 3.05) is 4.90 Å². The van der Waals surface area contributed by atoms with Gasteiger partial charge >= 0.3 is 0 Å². The van der Waals surface area contributed by atoms with E-state index in [0.29, 0.717) is 0 Å². The van der Waals surface area contributed by atoms with Crippen LogP contribution in [0, 0.1) is 0 Å². The Morgan fingerprint density at radius 2 is 0.934 bits per heavy atom. The number of para-hydroxylation sites is 2. The first-order chi connectivity index (χ1) is 30.3. The van der Waals surface area contributed by atoms with Crippen LogP contribution in [0.5, 0.6) is 0 Å². The molecule has 0 spiro atoms.